The predicted molar refractivity (Wildman–Crippen MR) is 123 cm³/mol. The molecule has 2 aromatic rings. The molecule has 0 bridgehead atoms. The highest BCUT2D eigenvalue weighted by molar-refractivity contribution is 6.30. The van der Waals surface area contributed by atoms with E-state index in [4.69, 9.17) is 16.3 Å². The van der Waals surface area contributed by atoms with Gasteiger partial charge in [-0.05, 0) is 57.2 Å². The van der Waals surface area contributed by atoms with E-state index in [1.54, 1.807) is 23.1 Å². The number of phenolic OH excluding ortho intramolecular Hbond substituents is 1. The fourth-order valence-electron chi connectivity index (χ4n) is 3.78. The molecule has 5 nitrogen and oxygen atoms in total. The number of benzene rings is 2. The van der Waals surface area contributed by atoms with Crippen LogP contribution in [0.3, 0.4) is 0 Å². The highest BCUT2D eigenvalue weighted by Gasteiger charge is 2.29. The number of halogens is 2. The van der Waals surface area contributed by atoms with Crippen LogP contribution >= 0.6 is 11.6 Å². The number of para-hydroxylation sites is 1. The third-order valence-electron chi connectivity index (χ3n) is 5.42. The number of nitrogens with zero attached hydrogens (tertiary/aromatic N) is 1. The molecule has 32 heavy (non-hydrogen) atoms. The molecule has 0 spiro atoms. The number of ether oxygens (including phenoxy) is 1. The van der Waals surface area contributed by atoms with Gasteiger partial charge in [-0.25, -0.2) is 9.18 Å². The summed E-state index contributed by atoms with van der Waals surface area (Å²) in [7, 11) is 0. The Hall–Kier alpha value is -2.57. The molecule has 1 fully saturated rings. The van der Waals surface area contributed by atoms with Crippen molar-refractivity contribution in [3.63, 3.8) is 0 Å². The molecule has 2 N–H and O–H groups in total. The molecule has 0 radical (unpaired) electrons. The fourth-order valence-corrected chi connectivity index (χ4v) is 3.94. The van der Waals surface area contributed by atoms with Crippen LogP contribution in [-0.4, -0.2) is 39.9 Å². The van der Waals surface area contributed by atoms with Gasteiger partial charge in [0.15, 0.2) is 0 Å². The number of carbonyl (C=O) groups excluding carboxylic acids is 1. The molecule has 3 rings (SSSR count). The minimum atomic E-state index is -1.10. The van der Waals surface area contributed by atoms with Crippen molar-refractivity contribution in [3.05, 3.63) is 70.0 Å². The number of likely N-dealkylation sites (tertiary alicyclic amines) is 1. The van der Waals surface area contributed by atoms with Crippen LogP contribution < -0.4 is 0 Å². The second kappa shape index (κ2) is 9.92. The Kier molecular flexibility index (Phi) is 7.47. The van der Waals surface area contributed by atoms with Gasteiger partial charge < -0.3 is 19.8 Å². The Morgan fingerprint density at radius 3 is 2.56 bits per heavy atom. The van der Waals surface area contributed by atoms with Crippen molar-refractivity contribution in [1.82, 2.24) is 4.90 Å². The Bertz CT molecular complexity index is 994. The molecule has 0 aromatic heterocycles. The molecule has 2 aromatic carbocycles. The van der Waals surface area contributed by atoms with E-state index in [9.17, 15) is 19.4 Å². The van der Waals surface area contributed by atoms with Gasteiger partial charge in [0.1, 0.15) is 23.3 Å². The second-order valence-corrected chi connectivity index (χ2v) is 9.43. The number of piperidine rings is 1. The third kappa shape index (κ3) is 6.02. The van der Waals surface area contributed by atoms with Crippen LogP contribution in [0.15, 0.2) is 42.5 Å². The minimum absolute atomic E-state index is 0.0250. The van der Waals surface area contributed by atoms with Crippen molar-refractivity contribution in [2.75, 3.05) is 13.1 Å². The number of amides is 1. The molecule has 0 aliphatic carbocycles. The van der Waals surface area contributed by atoms with Gasteiger partial charge in [-0.1, -0.05) is 48.0 Å². The number of rotatable bonds is 4. The predicted octanol–water partition coefficient (Wildman–Crippen LogP) is 6.05. The number of hydrogen-bond acceptors (Lipinski definition) is 4. The molecule has 1 saturated heterocycles. The average molecular weight is 462 g/mol. The number of phenols is 1. The van der Waals surface area contributed by atoms with E-state index >= 15 is 0 Å². The summed E-state index contributed by atoms with van der Waals surface area (Å²) in [6, 6.07) is 9.55. The summed E-state index contributed by atoms with van der Waals surface area (Å²) in [6.07, 6.45) is 2.81. The van der Waals surface area contributed by atoms with Crippen LogP contribution in [0.1, 0.15) is 62.3 Å². The molecule has 1 aliphatic rings. The van der Waals surface area contributed by atoms with E-state index in [2.05, 4.69) is 0 Å². The molecule has 1 unspecified atom stereocenters. The number of aliphatic hydroxyl groups is 1. The topological polar surface area (TPSA) is 70.0 Å². The Morgan fingerprint density at radius 2 is 1.94 bits per heavy atom. The van der Waals surface area contributed by atoms with Crippen molar-refractivity contribution < 1.29 is 24.1 Å². The lowest BCUT2D eigenvalue weighted by Crippen LogP contribution is -2.41. The van der Waals surface area contributed by atoms with Crippen LogP contribution in [0, 0.1) is 5.82 Å². The summed E-state index contributed by atoms with van der Waals surface area (Å²) in [5.74, 6) is -0.411. The van der Waals surface area contributed by atoms with Crippen molar-refractivity contribution in [2.24, 2.45) is 0 Å². The van der Waals surface area contributed by atoms with Crippen LogP contribution in [0.25, 0.3) is 6.08 Å². The lowest BCUT2D eigenvalue weighted by atomic mass is 9.87. The van der Waals surface area contributed by atoms with E-state index < -0.39 is 17.5 Å². The number of aliphatic hydroxyl groups excluding tert-OH is 1. The van der Waals surface area contributed by atoms with Gasteiger partial charge in [0.05, 0.1) is 0 Å². The first-order valence-corrected chi connectivity index (χ1v) is 11.0. The maximum atomic E-state index is 14.0. The smallest absolute Gasteiger partial charge is 0.410 e. The monoisotopic (exact) mass is 461 g/mol. The van der Waals surface area contributed by atoms with E-state index in [-0.39, 0.29) is 17.8 Å². The lowest BCUT2D eigenvalue weighted by Gasteiger charge is -2.34. The lowest BCUT2D eigenvalue weighted by molar-refractivity contribution is 0.0204. The molecular formula is C25H29ClFNO4. The molecule has 1 atom stereocenters. The fraction of sp³-hybridized carbons (Fsp3) is 0.400. The zero-order chi connectivity index (χ0) is 23.5. The normalized spacial score (nSPS) is 16.4. The average Bonchev–Trinajstić information content (AvgIpc) is 2.72. The maximum Gasteiger partial charge on any atom is 0.410 e. The van der Waals surface area contributed by atoms with E-state index in [1.807, 2.05) is 26.8 Å². The Balaban J connectivity index is 1.69. The van der Waals surface area contributed by atoms with Crippen LogP contribution in [0.2, 0.25) is 5.02 Å². The first-order valence-electron chi connectivity index (χ1n) is 10.7. The van der Waals surface area contributed by atoms with Gasteiger partial charge in [-0.3, -0.25) is 0 Å². The summed E-state index contributed by atoms with van der Waals surface area (Å²) in [5, 5.41) is 21.7. The zero-order valence-corrected chi connectivity index (χ0v) is 19.3. The summed E-state index contributed by atoms with van der Waals surface area (Å²) < 4.78 is 19.4. The standard InChI is InChI=1S/C25H29ClFNO4/c1-25(2,3)32-24(31)28-13-11-16(12-14-28)19-5-4-6-20(23(19)30)22(29)10-8-17-7-9-18(26)15-21(17)27/h4-10,15-16,22,29-30H,11-14H2,1-3H3/b10-8+. The van der Waals surface area contributed by atoms with Gasteiger partial charge in [0.2, 0.25) is 0 Å². The van der Waals surface area contributed by atoms with Gasteiger partial charge in [-0.15, -0.1) is 0 Å². The molecule has 172 valence electrons. The zero-order valence-electron chi connectivity index (χ0n) is 18.5. The summed E-state index contributed by atoms with van der Waals surface area (Å²) in [4.78, 5) is 14.0. The second-order valence-electron chi connectivity index (χ2n) is 9.00. The first kappa shape index (κ1) is 24.1. The van der Waals surface area contributed by atoms with Gasteiger partial charge >= 0.3 is 6.09 Å². The van der Waals surface area contributed by atoms with E-state index in [0.29, 0.717) is 42.1 Å². The quantitative estimate of drug-likeness (QED) is 0.581. The number of aromatic hydroxyl groups is 1. The molecule has 1 heterocycles. The first-order chi connectivity index (χ1) is 15.0. The van der Waals surface area contributed by atoms with Crippen molar-refractivity contribution in [3.8, 4) is 5.75 Å². The van der Waals surface area contributed by atoms with Crippen molar-refractivity contribution >= 4 is 23.8 Å². The molecule has 1 amide bonds. The van der Waals surface area contributed by atoms with Crippen molar-refractivity contribution in [1.29, 1.82) is 0 Å². The van der Waals surface area contributed by atoms with E-state index in [0.717, 1.165) is 5.56 Å². The summed E-state index contributed by atoms with van der Waals surface area (Å²) >= 11 is 5.77. The van der Waals surface area contributed by atoms with Crippen LogP contribution in [0.4, 0.5) is 9.18 Å². The molecule has 0 saturated carbocycles. The number of carbonyl (C=O) groups is 1. The maximum absolute atomic E-state index is 14.0. The Labute approximate surface area is 193 Å². The van der Waals surface area contributed by atoms with Crippen LogP contribution in [-0.2, 0) is 4.74 Å². The molecular weight excluding hydrogens is 433 g/mol. The molecule has 7 heteroatoms. The van der Waals surface area contributed by atoms with Crippen LogP contribution in [0.5, 0.6) is 5.75 Å². The van der Waals surface area contributed by atoms with Crippen molar-refractivity contribution in [2.45, 2.75) is 51.2 Å². The van der Waals surface area contributed by atoms with Gasteiger partial charge in [0, 0.05) is 29.2 Å². The summed E-state index contributed by atoms with van der Waals surface area (Å²) in [5.41, 5.74) is 0.830. The Morgan fingerprint density at radius 1 is 1.25 bits per heavy atom. The third-order valence-corrected chi connectivity index (χ3v) is 5.66. The number of hydrogen-bond donors (Lipinski definition) is 2. The minimum Gasteiger partial charge on any atom is -0.507 e. The SMILES string of the molecule is CC(C)(C)OC(=O)N1CCC(c2cccc(C(O)/C=C/c3ccc(Cl)cc3F)c2O)CC1. The molecule has 1 aliphatic heterocycles. The highest BCUT2D eigenvalue weighted by atomic mass is 35.5. The summed E-state index contributed by atoms with van der Waals surface area (Å²) in [6.45, 7) is 6.57. The van der Waals surface area contributed by atoms with Gasteiger partial charge in [-0.2, -0.15) is 0 Å². The highest BCUT2D eigenvalue weighted by Crippen LogP contribution is 2.38. The van der Waals surface area contributed by atoms with E-state index in [1.165, 1.54) is 24.3 Å². The largest absolute Gasteiger partial charge is 0.507 e. The van der Waals surface area contributed by atoms with Gasteiger partial charge in [0.25, 0.3) is 0 Å².